The van der Waals surface area contributed by atoms with Gasteiger partial charge in [-0.25, -0.2) is 0 Å². The van der Waals surface area contributed by atoms with Crippen molar-refractivity contribution in [3.63, 3.8) is 0 Å². The molecule has 0 spiro atoms. The molecule has 0 unspecified atom stereocenters. The average molecular weight is 304 g/mol. The van der Waals surface area contributed by atoms with Crippen LogP contribution in [0.1, 0.15) is 17.7 Å². The molecule has 1 aromatic heterocycles. The molecule has 1 atom stereocenters. The van der Waals surface area contributed by atoms with Gasteiger partial charge in [0.1, 0.15) is 6.10 Å². The van der Waals surface area contributed by atoms with Crippen LogP contribution >= 0.6 is 27.3 Å². The summed E-state index contributed by atoms with van der Waals surface area (Å²) in [4.78, 5) is 12.9. The Kier molecular flexibility index (Phi) is 4.37. The number of hydrogen-bond acceptors (Lipinski definition) is 3. The van der Waals surface area contributed by atoms with Gasteiger partial charge in [-0.05, 0) is 47.3 Å². The van der Waals surface area contributed by atoms with Crippen molar-refractivity contribution < 1.29 is 9.53 Å². The van der Waals surface area contributed by atoms with Crippen LogP contribution in [-0.2, 0) is 16.0 Å². The Morgan fingerprint density at radius 3 is 3.12 bits per heavy atom. The topological polar surface area (TPSA) is 38.3 Å². The number of ether oxygens (including phenoxy) is 1. The lowest BCUT2D eigenvalue weighted by atomic mass is 10.2. The van der Waals surface area contributed by atoms with Crippen molar-refractivity contribution in [3.05, 3.63) is 20.8 Å². The van der Waals surface area contributed by atoms with Gasteiger partial charge >= 0.3 is 0 Å². The Bertz CT molecular complexity index is 361. The van der Waals surface area contributed by atoms with E-state index in [4.69, 9.17) is 4.74 Å². The van der Waals surface area contributed by atoms with Gasteiger partial charge in [0.15, 0.2) is 0 Å². The van der Waals surface area contributed by atoms with E-state index < -0.39 is 0 Å². The second-order valence-electron chi connectivity index (χ2n) is 3.75. The van der Waals surface area contributed by atoms with Gasteiger partial charge in [-0.2, -0.15) is 0 Å². The summed E-state index contributed by atoms with van der Waals surface area (Å²) in [5.41, 5.74) is 0. The fourth-order valence-electron chi connectivity index (χ4n) is 1.69. The lowest BCUT2D eigenvalue weighted by molar-refractivity contribution is -0.129. The lowest BCUT2D eigenvalue weighted by Gasteiger charge is -2.09. The minimum atomic E-state index is -0.213. The second kappa shape index (κ2) is 5.80. The summed E-state index contributed by atoms with van der Waals surface area (Å²) in [6, 6.07) is 4.11. The highest BCUT2D eigenvalue weighted by Gasteiger charge is 2.22. The predicted molar refractivity (Wildman–Crippen MR) is 67.7 cm³/mol. The summed E-state index contributed by atoms with van der Waals surface area (Å²) in [5.74, 6) is 0.0353. The normalized spacial score (nSPS) is 19.9. The summed E-state index contributed by atoms with van der Waals surface area (Å²) >= 11 is 5.12. The molecular formula is C11H14BrNO2S. The Morgan fingerprint density at radius 2 is 2.50 bits per heavy atom. The first-order valence-corrected chi connectivity index (χ1v) is 7.00. The van der Waals surface area contributed by atoms with Gasteiger partial charge in [-0.15, -0.1) is 11.3 Å². The minimum Gasteiger partial charge on any atom is -0.368 e. The van der Waals surface area contributed by atoms with Crippen LogP contribution in [0.4, 0.5) is 0 Å². The van der Waals surface area contributed by atoms with Gasteiger partial charge in [0.25, 0.3) is 0 Å². The highest BCUT2D eigenvalue weighted by Crippen LogP contribution is 2.22. The van der Waals surface area contributed by atoms with Gasteiger partial charge in [0.2, 0.25) is 5.91 Å². The van der Waals surface area contributed by atoms with E-state index in [1.165, 1.54) is 4.88 Å². The first-order chi connectivity index (χ1) is 7.75. The van der Waals surface area contributed by atoms with Gasteiger partial charge in [-0.1, -0.05) is 0 Å². The Labute approximate surface area is 107 Å². The van der Waals surface area contributed by atoms with Crippen LogP contribution in [0.25, 0.3) is 0 Å². The SMILES string of the molecule is O=C(NCCc1ccc(Br)s1)[C@H]1CCCO1. The predicted octanol–water partition coefficient (Wildman–Crippen LogP) is 2.35. The maximum Gasteiger partial charge on any atom is 0.249 e. The number of halogens is 1. The molecule has 1 aromatic rings. The first-order valence-electron chi connectivity index (χ1n) is 5.39. The van der Waals surface area contributed by atoms with Gasteiger partial charge < -0.3 is 10.1 Å². The quantitative estimate of drug-likeness (QED) is 0.927. The molecule has 5 heteroatoms. The fraction of sp³-hybridized carbons (Fsp3) is 0.545. The van der Waals surface area contributed by atoms with Crippen LogP contribution in [0.3, 0.4) is 0 Å². The van der Waals surface area contributed by atoms with Gasteiger partial charge in [0.05, 0.1) is 3.79 Å². The van der Waals surface area contributed by atoms with E-state index in [9.17, 15) is 4.79 Å². The summed E-state index contributed by atoms with van der Waals surface area (Å²) in [6.45, 7) is 1.40. The van der Waals surface area contributed by atoms with Crippen LogP contribution in [0.2, 0.25) is 0 Å². The maximum atomic E-state index is 11.6. The zero-order valence-corrected chi connectivity index (χ0v) is 11.3. The highest BCUT2D eigenvalue weighted by molar-refractivity contribution is 9.11. The number of carbonyl (C=O) groups excluding carboxylic acids is 1. The third kappa shape index (κ3) is 3.30. The van der Waals surface area contributed by atoms with E-state index in [2.05, 4.69) is 27.3 Å². The van der Waals surface area contributed by atoms with Crippen molar-refractivity contribution in [2.24, 2.45) is 0 Å². The standard InChI is InChI=1S/C11H14BrNO2S/c12-10-4-3-8(16-10)5-6-13-11(14)9-2-1-7-15-9/h3-4,9H,1-2,5-7H2,(H,13,14)/t9-/m1/s1. The summed E-state index contributed by atoms with van der Waals surface area (Å²) in [7, 11) is 0. The molecule has 0 bridgehead atoms. The molecule has 0 aromatic carbocycles. The monoisotopic (exact) mass is 303 g/mol. The number of thiophene rings is 1. The molecular weight excluding hydrogens is 290 g/mol. The van der Waals surface area contributed by atoms with Crippen molar-refractivity contribution in [2.45, 2.75) is 25.4 Å². The second-order valence-corrected chi connectivity index (χ2v) is 6.30. The minimum absolute atomic E-state index is 0.0353. The molecule has 2 heterocycles. The van der Waals surface area contributed by atoms with Crippen LogP contribution in [0, 0.1) is 0 Å². The molecule has 1 saturated heterocycles. The van der Waals surface area contributed by atoms with E-state index >= 15 is 0 Å². The zero-order valence-electron chi connectivity index (χ0n) is 8.87. The molecule has 16 heavy (non-hydrogen) atoms. The average Bonchev–Trinajstić information content (AvgIpc) is 2.89. The van der Waals surface area contributed by atoms with Crippen molar-refractivity contribution in [1.29, 1.82) is 0 Å². The zero-order chi connectivity index (χ0) is 11.4. The third-order valence-corrected chi connectivity index (χ3v) is 4.21. The Hall–Kier alpha value is -0.390. The van der Waals surface area contributed by atoms with Crippen molar-refractivity contribution in [2.75, 3.05) is 13.2 Å². The fourth-order valence-corrected chi connectivity index (χ4v) is 3.18. The molecule has 1 aliphatic rings. The number of amides is 1. The molecule has 2 rings (SSSR count). The van der Waals surface area contributed by atoms with Crippen LogP contribution in [0.5, 0.6) is 0 Å². The van der Waals surface area contributed by atoms with Gasteiger partial charge in [0, 0.05) is 18.0 Å². The first kappa shape index (κ1) is 12.1. The molecule has 1 amide bonds. The summed E-state index contributed by atoms with van der Waals surface area (Å²) in [5, 5.41) is 2.91. The molecule has 0 radical (unpaired) electrons. The summed E-state index contributed by atoms with van der Waals surface area (Å²) in [6.07, 6.45) is 2.52. The van der Waals surface area contributed by atoms with Crippen LogP contribution in [-0.4, -0.2) is 25.2 Å². The lowest BCUT2D eigenvalue weighted by Crippen LogP contribution is -2.35. The van der Waals surface area contributed by atoms with Gasteiger partial charge in [-0.3, -0.25) is 4.79 Å². The third-order valence-electron chi connectivity index (χ3n) is 2.52. The van der Waals surface area contributed by atoms with E-state index in [0.717, 1.165) is 29.7 Å². The molecule has 3 nitrogen and oxygen atoms in total. The molecule has 0 aliphatic carbocycles. The Morgan fingerprint density at radius 1 is 1.62 bits per heavy atom. The number of nitrogens with one attached hydrogen (secondary N) is 1. The molecule has 0 saturated carbocycles. The van der Waals surface area contributed by atoms with E-state index in [-0.39, 0.29) is 12.0 Å². The van der Waals surface area contributed by atoms with Crippen LogP contribution in [0.15, 0.2) is 15.9 Å². The summed E-state index contributed by atoms with van der Waals surface area (Å²) < 4.78 is 6.44. The molecule has 88 valence electrons. The molecule has 1 N–H and O–H groups in total. The molecule has 1 fully saturated rings. The smallest absolute Gasteiger partial charge is 0.249 e. The van der Waals surface area contributed by atoms with Crippen LogP contribution < -0.4 is 5.32 Å². The number of rotatable bonds is 4. The van der Waals surface area contributed by atoms with E-state index in [0.29, 0.717) is 6.54 Å². The van der Waals surface area contributed by atoms with E-state index in [1.807, 2.05) is 6.07 Å². The number of carbonyl (C=O) groups is 1. The van der Waals surface area contributed by atoms with E-state index in [1.54, 1.807) is 11.3 Å². The highest BCUT2D eigenvalue weighted by atomic mass is 79.9. The van der Waals surface area contributed by atoms with Crippen molar-refractivity contribution >= 4 is 33.2 Å². The van der Waals surface area contributed by atoms with Crippen molar-refractivity contribution in [1.82, 2.24) is 5.32 Å². The Balaban J connectivity index is 1.69. The maximum absolute atomic E-state index is 11.6. The largest absolute Gasteiger partial charge is 0.368 e. The number of hydrogen-bond donors (Lipinski definition) is 1. The molecule has 1 aliphatic heterocycles. The van der Waals surface area contributed by atoms with Crippen molar-refractivity contribution in [3.8, 4) is 0 Å².